The molecule has 1 aromatic carbocycles. The highest BCUT2D eigenvalue weighted by Crippen LogP contribution is 2.22. The highest BCUT2D eigenvalue weighted by atomic mass is 35.5. The van der Waals surface area contributed by atoms with E-state index in [1.54, 1.807) is 6.07 Å². The van der Waals surface area contributed by atoms with Crippen molar-refractivity contribution in [3.05, 3.63) is 34.1 Å². The lowest BCUT2D eigenvalue weighted by molar-refractivity contribution is 0.320. The van der Waals surface area contributed by atoms with Gasteiger partial charge in [0, 0.05) is 0 Å². The molecule has 0 saturated carbocycles. The Balaban J connectivity index is 3.45. The van der Waals surface area contributed by atoms with Crippen LogP contribution in [0.5, 0.6) is 0 Å². The largest absolute Gasteiger partial charge is 0.410 e. The fourth-order valence-corrected chi connectivity index (χ4v) is 1.20. The molecule has 0 saturated heterocycles. The first-order chi connectivity index (χ1) is 6.61. The first-order valence-corrected chi connectivity index (χ1v) is 4.13. The van der Waals surface area contributed by atoms with Crippen LogP contribution in [0, 0.1) is 17.1 Å². The molecule has 0 aliphatic carbocycles. The van der Waals surface area contributed by atoms with Gasteiger partial charge in [-0.25, -0.2) is 4.39 Å². The summed E-state index contributed by atoms with van der Waals surface area (Å²) in [5.74, 6) is -0.900. The van der Waals surface area contributed by atoms with Crippen molar-refractivity contribution in [1.82, 2.24) is 0 Å². The Morgan fingerprint density at radius 2 is 2.21 bits per heavy atom. The summed E-state index contributed by atoms with van der Waals surface area (Å²) in [5.41, 5.74) is -0.499. The summed E-state index contributed by atoms with van der Waals surface area (Å²) < 4.78 is 13.4. The number of nitrogens with zero attached hydrogens (tertiary/aromatic N) is 2. The Morgan fingerprint density at radius 3 is 2.71 bits per heavy atom. The number of hydrogen-bond donors (Lipinski definition) is 1. The monoisotopic (exact) mass is 232 g/mol. The molecule has 0 atom stereocenters. The zero-order chi connectivity index (χ0) is 10.7. The van der Waals surface area contributed by atoms with E-state index in [-0.39, 0.29) is 16.1 Å². The first kappa shape index (κ1) is 10.8. The van der Waals surface area contributed by atoms with Gasteiger partial charge in [-0.2, -0.15) is 5.26 Å². The topological polar surface area (TPSA) is 56.4 Å². The Morgan fingerprint density at radius 1 is 1.57 bits per heavy atom. The molecule has 0 aliphatic rings. The SMILES string of the molecule is N#Cc1c(Cl)ccc(/C(Cl)=N\O)c1F. The van der Waals surface area contributed by atoms with Crippen molar-refractivity contribution in [2.45, 2.75) is 0 Å². The second kappa shape index (κ2) is 4.27. The standard InChI is InChI=1S/C8H3Cl2FN2O/c9-6-2-1-4(8(10)13-14)7(11)5(6)3-12/h1-2,14H/b13-8+. The molecule has 1 N–H and O–H groups in total. The van der Waals surface area contributed by atoms with E-state index < -0.39 is 11.0 Å². The zero-order valence-corrected chi connectivity index (χ0v) is 8.14. The number of halogens is 3. The van der Waals surface area contributed by atoms with Crippen molar-refractivity contribution in [2.24, 2.45) is 5.16 Å². The molecule has 1 rings (SSSR count). The highest BCUT2D eigenvalue weighted by Gasteiger charge is 2.15. The average molecular weight is 233 g/mol. The molecule has 0 spiro atoms. The van der Waals surface area contributed by atoms with E-state index in [1.165, 1.54) is 12.1 Å². The lowest BCUT2D eigenvalue weighted by Gasteiger charge is -2.02. The molecule has 0 unspecified atom stereocenters. The Kier molecular flexibility index (Phi) is 3.28. The van der Waals surface area contributed by atoms with Crippen LogP contribution in [-0.2, 0) is 0 Å². The molecule has 0 radical (unpaired) electrons. The van der Waals surface area contributed by atoms with E-state index >= 15 is 0 Å². The lowest BCUT2D eigenvalue weighted by Crippen LogP contribution is -1.99. The quantitative estimate of drug-likeness (QED) is 0.460. The molecule has 6 heteroatoms. The molecule has 0 heterocycles. The average Bonchev–Trinajstić information content (AvgIpc) is 2.18. The lowest BCUT2D eigenvalue weighted by atomic mass is 10.1. The number of benzene rings is 1. The van der Waals surface area contributed by atoms with E-state index in [2.05, 4.69) is 5.16 Å². The van der Waals surface area contributed by atoms with E-state index in [4.69, 9.17) is 33.7 Å². The van der Waals surface area contributed by atoms with Crippen molar-refractivity contribution < 1.29 is 9.60 Å². The Hall–Kier alpha value is -1.31. The van der Waals surface area contributed by atoms with Crippen LogP contribution in [0.2, 0.25) is 5.02 Å². The molecule has 0 fully saturated rings. The second-order valence-electron chi connectivity index (χ2n) is 2.29. The third-order valence-corrected chi connectivity index (χ3v) is 2.11. The summed E-state index contributed by atoms with van der Waals surface area (Å²) >= 11 is 10.9. The Labute approximate surface area is 89.0 Å². The van der Waals surface area contributed by atoms with Crippen LogP contribution >= 0.6 is 23.2 Å². The van der Waals surface area contributed by atoms with Gasteiger partial charge >= 0.3 is 0 Å². The summed E-state index contributed by atoms with van der Waals surface area (Å²) in [4.78, 5) is 0. The number of rotatable bonds is 1. The van der Waals surface area contributed by atoms with Crippen LogP contribution < -0.4 is 0 Å². The van der Waals surface area contributed by atoms with Gasteiger partial charge in [-0.3, -0.25) is 0 Å². The van der Waals surface area contributed by atoms with E-state index in [0.717, 1.165) is 0 Å². The van der Waals surface area contributed by atoms with E-state index in [0.29, 0.717) is 0 Å². The molecular formula is C8H3Cl2FN2O. The minimum atomic E-state index is -0.900. The molecule has 1 aromatic rings. The van der Waals surface area contributed by atoms with Crippen LogP contribution in [0.3, 0.4) is 0 Å². The molecule has 14 heavy (non-hydrogen) atoms. The summed E-state index contributed by atoms with van der Waals surface area (Å²) in [6, 6.07) is 4.10. The van der Waals surface area contributed by atoms with Crippen LogP contribution in [0.15, 0.2) is 17.3 Å². The van der Waals surface area contributed by atoms with Crippen molar-refractivity contribution >= 4 is 28.4 Å². The summed E-state index contributed by atoms with van der Waals surface area (Å²) in [6.07, 6.45) is 0. The van der Waals surface area contributed by atoms with Gasteiger partial charge in [0.2, 0.25) is 0 Å². The summed E-state index contributed by atoms with van der Waals surface area (Å²) in [7, 11) is 0. The molecule has 72 valence electrons. The highest BCUT2D eigenvalue weighted by molar-refractivity contribution is 6.69. The minimum Gasteiger partial charge on any atom is -0.410 e. The maximum absolute atomic E-state index is 13.4. The number of hydrogen-bond acceptors (Lipinski definition) is 3. The van der Waals surface area contributed by atoms with Crippen LogP contribution in [0.4, 0.5) is 4.39 Å². The smallest absolute Gasteiger partial charge is 0.178 e. The van der Waals surface area contributed by atoms with Gasteiger partial charge in [0.05, 0.1) is 10.6 Å². The predicted molar refractivity (Wildman–Crippen MR) is 50.3 cm³/mol. The maximum atomic E-state index is 13.4. The Bertz CT molecular complexity index is 440. The van der Waals surface area contributed by atoms with Crippen molar-refractivity contribution in [1.29, 1.82) is 5.26 Å². The fraction of sp³-hybridized carbons (Fsp3) is 0. The van der Waals surface area contributed by atoms with Gasteiger partial charge in [-0.1, -0.05) is 28.4 Å². The van der Waals surface area contributed by atoms with Crippen molar-refractivity contribution in [2.75, 3.05) is 0 Å². The molecular weight excluding hydrogens is 230 g/mol. The van der Waals surface area contributed by atoms with Gasteiger partial charge in [-0.15, -0.1) is 0 Å². The third-order valence-electron chi connectivity index (χ3n) is 1.51. The molecule has 0 bridgehead atoms. The normalized spacial score (nSPS) is 11.1. The summed E-state index contributed by atoms with van der Waals surface area (Å²) in [5, 5.41) is 19.0. The number of oxime groups is 1. The fourth-order valence-electron chi connectivity index (χ4n) is 0.868. The minimum absolute atomic E-state index is 0.0174. The van der Waals surface area contributed by atoms with Crippen LogP contribution in [0.25, 0.3) is 0 Å². The molecule has 0 aromatic heterocycles. The third kappa shape index (κ3) is 1.79. The van der Waals surface area contributed by atoms with Crippen LogP contribution in [-0.4, -0.2) is 10.4 Å². The van der Waals surface area contributed by atoms with Gasteiger partial charge in [0.25, 0.3) is 0 Å². The molecule has 0 aliphatic heterocycles. The van der Waals surface area contributed by atoms with Gasteiger partial charge < -0.3 is 5.21 Å². The first-order valence-electron chi connectivity index (χ1n) is 3.37. The number of nitriles is 1. The van der Waals surface area contributed by atoms with Gasteiger partial charge in [0.1, 0.15) is 11.6 Å². The van der Waals surface area contributed by atoms with Gasteiger partial charge in [0.15, 0.2) is 11.0 Å². The second-order valence-corrected chi connectivity index (χ2v) is 3.05. The van der Waals surface area contributed by atoms with Gasteiger partial charge in [-0.05, 0) is 12.1 Å². The summed E-state index contributed by atoms with van der Waals surface area (Å²) in [6.45, 7) is 0. The van der Waals surface area contributed by atoms with E-state index in [1.807, 2.05) is 0 Å². The zero-order valence-electron chi connectivity index (χ0n) is 6.63. The predicted octanol–water partition coefficient (Wildman–Crippen LogP) is 2.73. The van der Waals surface area contributed by atoms with Crippen molar-refractivity contribution in [3.63, 3.8) is 0 Å². The maximum Gasteiger partial charge on any atom is 0.178 e. The van der Waals surface area contributed by atoms with E-state index in [9.17, 15) is 4.39 Å². The van der Waals surface area contributed by atoms with Crippen LogP contribution in [0.1, 0.15) is 11.1 Å². The molecule has 3 nitrogen and oxygen atoms in total. The van der Waals surface area contributed by atoms with Crippen molar-refractivity contribution in [3.8, 4) is 6.07 Å². The molecule has 0 amide bonds.